The third kappa shape index (κ3) is 10.0. The van der Waals surface area contributed by atoms with Gasteiger partial charge in [-0.1, -0.05) is 26.2 Å². The summed E-state index contributed by atoms with van der Waals surface area (Å²) in [7, 11) is -2.78. The second kappa shape index (κ2) is 15.1. The Morgan fingerprint density at radius 2 is 1.12 bits per heavy atom. The molecule has 0 aliphatic heterocycles. The summed E-state index contributed by atoms with van der Waals surface area (Å²) in [5.41, 5.74) is 0. The zero-order valence-electron chi connectivity index (χ0n) is 17.2. The summed E-state index contributed by atoms with van der Waals surface area (Å²) in [4.78, 5) is 0. The van der Waals surface area contributed by atoms with Crippen LogP contribution in [0.4, 0.5) is 0 Å². The lowest BCUT2D eigenvalue weighted by Crippen LogP contribution is -2.52. The highest BCUT2D eigenvalue weighted by Crippen LogP contribution is 2.24. The maximum Gasteiger partial charge on any atom is 0.501 e. The van der Waals surface area contributed by atoms with E-state index in [1.54, 1.807) is 0 Å². The van der Waals surface area contributed by atoms with Gasteiger partial charge in [-0.15, -0.1) is 0 Å². The van der Waals surface area contributed by atoms with Crippen LogP contribution in [0.1, 0.15) is 67.2 Å². The van der Waals surface area contributed by atoms with Gasteiger partial charge >= 0.3 is 14.8 Å². The SMILES string of the molecule is CCCCCC[Si](OCC)(OCC)OCC(OCC)(OCC)OCC. The highest BCUT2D eigenvalue weighted by atomic mass is 28.4. The van der Waals surface area contributed by atoms with E-state index < -0.39 is 14.8 Å². The summed E-state index contributed by atoms with van der Waals surface area (Å²) in [5, 5.41) is 0. The normalized spacial score (nSPS) is 12.7. The molecule has 0 N–H and O–H groups in total. The molecule has 0 heterocycles. The number of hydrogen-bond acceptors (Lipinski definition) is 6. The first-order valence-electron chi connectivity index (χ1n) is 9.91. The predicted octanol–water partition coefficient (Wildman–Crippen LogP) is 4.36. The number of ether oxygens (including phenoxy) is 3. The van der Waals surface area contributed by atoms with Crippen molar-refractivity contribution in [1.29, 1.82) is 0 Å². The van der Waals surface area contributed by atoms with E-state index in [-0.39, 0.29) is 6.61 Å². The third-order valence-electron chi connectivity index (χ3n) is 3.63. The lowest BCUT2D eigenvalue weighted by atomic mass is 10.2. The number of unbranched alkanes of at least 4 members (excludes halogenated alkanes) is 3. The molecule has 0 spiro atoms. The van der Waals surface area contributed by atoms with Crippen LogP contribution in [0.2, 0.25) is 6.04 Å². The lowest BCUT2D eigenvalue weighted by Gasteiger charge is -2.36. The Labute approximate surface area is 155 Å². The van der Waals surface area contributed by atoms with Gasteiger partial charge in [0.15, 0.2) is 0 Å². The fourth-order valence-electron chi connectivity index (χ4n) is 2.66. The number of hydrogen-bond donors (Lipinski definition) is 0. The Morgan fingerprint density at radius 3 is 1.52 bits per heavy atom. The molecular formula is C18H40O6Si. The Morgan fingerprint density at radius 1 is 0.600 bits per heavy atom. The molecule has 0 atom stereocenters. The van der Waals surface area contributed by atoms with E-state index in [0.717, 1.165) is 18.9 Å². The van der Waals surface area contributed by atoms with E-state index in [1.165, 1.54) is 12.8 Å². The van der Waals surface area contributed by atoms with Gasteiger partial charge in [-0.25, -0.2) is 0 Å². The summed E-state index contributed by atoms with van der Waals surface area (Å²) in [5.74, 6) is -1.20. The van der Waals surface area contributed by atoms with Crippen LogP contribution in [0, 0.1) is 0 Å². The molecule has 25 heavy (non-hydrogen) atoms. The fourth-order valence-corrected chi connectivity index (χ4v) is 5.30. The van der Waals surface area contributed by atoms with Gasteiger partial charge in [0.25, 0.3) is 0 Å². The molecule has 0 aliphatic rings. The maximum absolute atomic E-state index is 6.23. The Bertz CT molecular complexity index is 280. The molecule has 0 saturated carbocycles. The van der Waals surface area contributed by atoms with Crippen LogP contribution in [-0.2, 0) is 27.5 Å². The van der Waals surface area contributed by atoms with Gasteiger partial charge in [0.05, 0.1) is 0 Å². The van der Waals surface area contributed by atoms with Crippen molar-refractivity contribution in [2.75, 3.05) is 39.6 Å². The quantitative estimate of drug-likeness (QED) is 0.200. The van der Waals surface area contributed by atoms with Crippen LogP contribution < -0.4 is 0 Å². The third-order valence-corrected chi connectivity index (χ3v) is 6.63. The Kier molecular flexibility index (Phi) is 15.1. The first-order valence-corrected chi connectivity index (χ1v) is 11.8. The van der Waals surface area contributed by atoms with Crippen molar-refractivity contribution in [3.63, 3.8) is 0 Å². The molecule has 0 bridgehead atoms. The van der Waals surface area contributed by atoms with Gasteiger partial charge in [0.2, 0.25) is 0 Å². The van der Waals surface area contributed by atoms with Gasteiger partial charge in [0, 0.05) is 39.1 Å². The Balaban J connectivity index is 5.07. The monoisotopic (exact) mass is 380 g/mol. The van der Waals surface area contributed by atoms with E-state index in [1.807, 2.05) is 34.6 Å². The summed E-state index contributed by atoms with van der Waals surface area (Å²) in [6.07, 6.45) is 4.59. The van der Waals surface area contributed by atoms with Gasteiger partial charge in [-0.05, 0) is 41.0 Å². The standard InChI is InChI=1S/C18H40O6Si/c1-7-13-14-15-16-25(22-11-5,23-12-6)24-17-18(19-8-2,20-9-3)21-10-4/h7-17H2,1-6H3. The van der Waals surface area contributed by atoms with Crippen LogP contribution in [0.25, 0.3) is 0 Å². The van der Waals surface area contributed by atoms with Crippen LogP contribution in [0.5, 0.6) is 0 Å². The zero-order chi connectivity index (χ0) is 19.0. The average molecular weight is 381 g/mol. The molecule has 7 heteroatoms. The Hall–Kier alpha value is -0.0231. The van der Waals surface area contributed by atoms with Gasteiger partial charge in [0.1, 0.15) is 6.61 Å². The summed E-state index contributed by atoms with van der Waals surface area (Å²) >= 11 is 0. The fraction of sp³-hybridized carbons (Fsp3) is 1.00. The van der Waals surface area contributed by atoms with Crippen LogP contribution in [0.3, 0.4) is 0 Å². The summed E-state index contributed by atoms with van der Waals surface area (Å²) < 4.78 is 35.5. The van der Waals surface area contributed by atoms with Crippen molar-refractivity contribution in [3.05, 3.63) is 0 Å². The average Bonchev–Trinajstić information content (AvgIpc) is 2.58. The van der Waals surface area contributed by atoms with Crippen LogP contribution in [-0.4, -0.2) is 54.4 Å². The maximum atomic E-state index is 6.23. The smallest absolute Gasteiger partial charge is 0.374 e. The minimum absolute atomic E-state index is 0.141. The molecule has 0 radical (unpaired) electrons. The molecule has 0 aliphatic carbocycles. The van der Waals surface area contributed by atoms with Gasteiger partial charge in [-0.2, -0.15) is 0 Å². The molecule has 0 aromatic carbocycles. The number of rotatable bonds is 18. The van der Waals surface area contributed by atoms with Gasteiger partial charge in [-0.3, -0.25) is 0 Å². The highest BCUT2D eigenvalue weighted by molar-refractivity contribution is 6.60. The van der Waals surface area contributed by atoms with Crippen molar-refractivity contribution >= 4 is 8.80 Å². The summed E-state index contributed by atoms with van der Waals surface area (Å²) in [6, 6.07) is 0.801. The second-order valence-corrected chi connectivity index (χ2v) is 8.36. The molecule has 152 valence electrons. The van der Waals surface area contributed by atoms with E-state index in [9.17, 15) is 0 Å². The minimum atomic E-state index is -2.78. The first kappa shape index (κ1) is 25.0. The molecule has 0 unspecified atom stereocenters. The van der Waals surface area contributed by atoms with Crippen molar-refractivity contribution in [2.24, 2.45) is 0 Å². The molecule has 6 nitrogen and oxygen atoms in total. The van der Waals surface area contributed by atoms with Crippen LogP contribution in [0.15, 0.2) is 0 Å². The van der Waals surface area contributed by atoms with Gasteiger partial charge < -0.3 is 27.5 Å². The highest BCUT2D eigenvalue weighted by Gasteiger charge is 2.44. The van der Waals surface area contributed by atoms with E-state index in [4.69, 9.17) is 27.5 Å². The van der Waals surface area contributed by atoms with Crippen LogP contribution >= 0.6 is 0 Å². The molecule has 0 rings (SSSR count). The zero-order valence-corrected chi connectivity index (χ0v) is 18.2. The molecule has 0 saturated heterocycles. The first-order chi connectivity index (χ1) is 12.1. The minimum Gasteiger partial charge on any atom is -0.374 e. The second-order valence-electron chi connectivity index (χ2n) is 5.63. The molecule has 0 fully saturated rings. The largest absolute Gasteiger partial charge is 0.501 e. The van der Waals surface area contributed by atoms with Crippen molar-refractivity contribution < 1.29 is 27.5 Å². The van der Waals surface area contributed by atoms with E-state index >= 15 is 0 Å². The topological polar surface area (TPSA) is 55.4 Å². The van der Waals surface area contributed by atoms with Crippen molar-refractivity contribution in [1.82, 2.24) is 0 Å². The molecular weight excluding hydrogens is 340 g/mol. The van der Waals surface area contributed by atoms with E-state index in [2.05, 4.69) is 6.92 Å². The lowest BCUT2D eigenvalue weighted by molar-refractivity contribution is -0.387. The molecule has 0 aromatic rings. The molecule has 0 aromatic heterocycles. The summed E-state index contributed by atoms with van der Waals surface area (Å²) in [6.45, 7) is 14.5. The van der Waals surface area contributed by atoms with Crippen molar-refractivity contribution in [3.8, 4) is 0 Å². The van der Waals surface area contributed by atoms with Crippen molar-refractivity contribution in [2.45, 2.75) is 79.2 Å². The molecule has 0 amide bonds. The predicted molar refractivity (Wildman–Crippen MR) is 102 cm³/mol. The van der Waals surface area contributed by atoms with E-state index in [0.29, 0.717) is 33.0 Å².